The fourth-order valence-electron chi connectivity index (χ4n) is 1.68. The van der Waals surface area contributed by atoms with Gasteiger partial charge >= 0.3 is 5.97 Å². The molecule has 5 heteroatoms. The van der Waals surface area contributed by atoms with Crippen LogP contribution in [-0.2, 0) is 11.2 Å². The minimum Gasteiger partial charge on any atom is -0.462 e. The Hall–Kier alpha value is -1.88. The zero-order chi connectivity index (χ0) is 13.5. The Morgan fingerprint density at radius 2 is 2.32 bits per heavy atom. The zero-order valence-corrected chi connectivity index (χ0v) is 11.6. The highest BCUT2D eigenvalue weighted by Crippen LogP contribution is 2.14. The summed E-state index contributed by atoms with van der Waals surface area (Å²) in [5, 5.41) is 5.24. The lowest BCUT2D eigenvalue weighted by Gasteiger charge is -2.09. The maximum atomic E-state index is 11.8. The molecule has 0 atom stereocenters. The smallest absolute Gasteiger partial charge is 0.341 e. The molecule has 2 heterocycles. The van der Waals surface area contributed by atoms with E-state index in [1.807, 2.05) is 6.07 Å². The van der Waals surface area contributed by atoms with Gasteiger partial charge in [-0.2, -0.15) is 0 Å². The van der Waals surface area contributed by atoms with Gasteiger partial charge in [-0.05, 0) is 36.9 Å². The fourth-order valence-corrected chi connectivity index (χ4v) is 2.39. The maximum absolute atomic E-state index is 11.8. The monoisotopic (exact) mass is 276 g/mol. The highest BCUT2D eigenvalue weighted by Gasteiger charge is 2.12. The van der Waals surface area contributed by atoms with E-state index < -0.39 is 0 Å². The average molecular weight is 276 g/mol. The molecule has 0 aliphatic carbocycles. The van der Waals surface area contributed by atoms with Gasteiger partial charge in [0.15, 0.2) is 0 Å². The van der Waals surface area contributed by atoms with Crippen molar-refractivity contribution in [3.63, 3.8) is 0 Å². The van der Waals surface area contributed by atoms with E-state index in [1.165, 1.54) is 4.88 Å². The second-order valence-corrected chi connectivity index (χ2v) is 4.91. The summed E-state index contributed by atoms with van der Waals surface area (Å²) in [6, 6.07) is 7.58. The third-order valence-corrected chi connectivity index (χ3v) is 3.48. The van der Waals surface area contributed by atoms with Crippen LogP contribution in [0.15, 0.2) is 35.8 Å². The summed E-state index contributed by atoms with van der Waals surface area (Å²) in [5.41, 5.74) is 0.482. The lowest BCUT2D eigenvalue weighted by atomic mass is 10.2. The number of hydrogen-bond donors (Lipinski definition) is 1. The van der Waals surface area contributed by atoms with Crippen LogP contribution in [-0.4, -0.2) is 24.1 Å². The van der Waals surface area contributed by atoms with Gasteiger partial charge in [0.25, 0.3) is 0 Å². The van der Waals surface area contributed by atoms with E-state index in [2.05, 4.69) is 21.7 Å². The van der Waals surface area contributed by atoms with Crippen molar-refractivity contribution in [2.45, 2.75) is 13.3 Å². The van der Waals surface area contributed by atoms with Crippen LogP contribution >= 0.6 is 11.3 Å². The second-order valence-electron chi connectivity index (χ2n) is 3.88. The van der Waals surface area contributed by atoms with Crippen molar-refractivity contribution in [1.82, 2.24) is 4.98 Å². The van der Waals surface area contributed by atoms with Crippen molar-refractivity contribution in [3.05, 3.63) is 46.3 Å². The Labute approximate surface area is 116 Å². The number of hydrogen-bond acceptors (Lipinski definition) is 5. The summed E-state index contributed by atoms with van der Waals surface area (Å²) in [5.74, 6) is 0.242. The molecule has 0 aromatic carbocycles. The largest absolute Gasteiger partial charge is 0.462 e. The Morgan fingerprint density at radius 1 is 1.42 bits per heavy atom. The first-order chi connectivity index (χ1) is 9.31. The van der Waals surface area contributed by atoms with E-state index in [9.17, 15) is 4.79 Å². The minimum atomic E-state index is -0.339. The van der Waals surface area contributed by atoms with Gasteiger partial charge in [-0.1, -0.05) is 6.07 Å². The van der Waals surface area contributed by atoms with Gasteiger partial charge in [-0.3, -0.25) is 0 Å². The molecule has 0 amide bonds. The number of nitrogens with zero attached hydrogens (tertiary/aromatic N) is 1. The van der Waals surface area contributed by atoms with Crippen LogP contribution in [0, 0.1) is 0 Å². The number of carbonyl (C=O) groups is 1. The Kier molecular flexibility index (Phi) is 4.92. The Balaban J connectivity index is 1.97. The molecule has 1 N–H and O–H groups in total. The number of pyridine rings is 1. The summed E-state index contributed by atoms with van der Waals surface area (Å²) >= 11 is 1.72. The fraction of sp³-hybridized carbons (Fsp3) is 0.286. The summed E-state index contributed by atoms with van der Waals surface area (Å²) < 4.78 is 5.00. The quantitative estimate of drug-likeness (QED) is 0.824. The number of nitrogens with one attached hydrogen (secondary N) is 1. The number of rotatable bonds is 6. The van der Waals surface area contributed by atoms with E-state index in [-0.39, 0.29) is 5.97 Å². The summed E-state index contributed by atoms with van der Waals surface area (Å²) in [6.07, 6.45) is 2.58. The first-order valence-corrected chi connectivity index (χ1v) is 7.07. The van der Waals surface area contributed by atoms with Crippen LogP contribution in [0.25, 0.3) is 0 Å². The molecule has 4 nitrogen and oxygen atoms in total. The number of ether oxygens (including phenoxy) is 1. The molecule has 2 aromatic heterocycles. The van der Waals surface area contributed by atoms with Crippen molar-refractivity contribution < 1.29 is 9.53 Å². The van der Waals surface area contributed by atoms with E-state index in [0.29, 0.717) is 18.0 Å². The highest BCUT2D eigenvalue weighted by molar-refractivity contribution is 7.09. The molecule has 0 saturated carbocycles. The molecule has 0 aliphatic heterocycles. The summed E-state index contributed by atoms with van der Waals surface area (Å²) in [6.45, 7) is 2.89. The molecule has 0 aliphatic rings. The third-order valence-electron chi connectivity index (χ3n) is 2.55. The van der Waals surface area contributed by atoms with Gasteiger partial charge in [-0.15, -0.1) is 11.3 Å². The van der Waals surface area contributed by atoms with Crippen LogP contribution < -0.4 is 5.32 Å². The van der Waals surface area contributed by atoms with Crippen LogP contribution in [0.5, 0.6) is 0 Å². The minimum absolute atomic E-state index is 0.339. The molecule has 0 radical (unpaired) electrons. The molecular weight excluding hydrogens is 260 g/mol. The van der Waals surface area contributed by atoms with E-state index >= 15 is 0 Å². The average Bonchev–Trinajstić information content (AvgIpc) is 2.93. The van der Waals surface area contributed by atoms with Gasteiger partial charge in [0.05, 0.1) is 6.61 Å². The lowest BCUT2D eigenvalue weighted by Crippen LogP contribution is -2.12. The number of carbonyl (C=O) groups excluding carboxylic acids is 1. The number of thiophene rings is 1. The summed E-state index contributed by atoms with van der Waals surface area (Å²) in [7, 11) is 0. The van der Waals surface area contributed by atoms with Gasteiger partial charge in [-0.25, -0.2) is 9.78 Å². The number of esters is 1. The zero-order valence-electron chi connectivity index (χ0n) is 10.8. The Morgan fingerprint density at radius 3 is 3.05 bits per heavy atom. The molecular formula is C14H16N2O2S. The van der Waals surface area contributed by atoms with Crippen LogP contribution in [0.2, 0.25) is 0 Å². The molecule has 0 unspecified atom stereocenters. The van der Waals surface area contributed by atoms with Gasteiger partial charge < -0.3 is 10.1 Å². The molecule has 2 aromatic rings. The van der Waals surface area contributed by atoms with Crippen molar-refractivity contribution in [2.75, 3.05) is 18.5 Å². The molecule has 0 spiro atoms. The van der Waals surface area contributed by atoms with Crippen molar-refractivity contribution >= 4 is 23.1 Å². The van der Waals surface area contributed by atoms with Gasteiger partial charge in [0, 0.05) is 17.6 Å². The second kappa shape index (κ2) is 6.89. The van der Waals surface area contributed by atoms with Crippen molar-refractivity contribution in [2.24, 2.45) is 0 Å². The molecule has 0 fully saturated rings. The predicted molar refractivity (Wildman–Crippen MR) is 76.7 cm³/mol. The number of aromatic nitrogens is 1. The van der Waals surface area contributed by atoms with Gasteiger partial charge in [0.1, 0.15) is 11.4 Å². The third kappa shape index (κ3) is 3.79. The molecule has 19 heavy (non-hydrogen) atoms. The predicted octanol–water partition coefficient (Wildman–Crippen LogP) is 2.97. The number of anilines is 1. The SMILES string of the molecule is CCOC(=O)c1cccnc1NCCc1cccs1. The molecule has 100 valence electrons. The van der Waals surface area contributed by atoms with Gasteiger partial charge in [0.2, 0.25) is 0 Å². The Bertz CT molecular complexity index is 526. The first kappa shape index (κ1) is 13.5. The highest BCUT2D eigenvalue weighted by atomic mass is 32.1. The summed E-state index contributed by atoms with van der Waals surface area (Å²) in [4.78, 5) is 17.3. The normalized spacial score (nSPS) is 10.2. The van der Waals surface area contributed by atoms with Crippen LogP contribution in [0.4, 0.5) is 5.82 Å². The van der Waals surface area contributed by atoms with E-state index in [0.717, 1.165) is 13.0 Å². The lowest BCUT2D eigenvalue weighted by molar-refractivity contribution is 0.0527. The molecule has 0 bridgehead atoms. The van der Waals surface area contributed by atoms with Crippen LogP contribution in [0.1, 0.15) is 22.2 Å². The molecule has 2 rings (SSSR count). The van der Waals surface area contributed by atoms with E-state index in [1.54, 1.807) is 36.6 Å². The van der Waals surface area contributed by atoms with Crippen molar-refractivity contribution in [1.29, 1.82) is 0 Å². The van der Waals surface area contributed by atoms with E-state index in [4.69, 9.17) is 4.74 Å². The van der Waals surface area contributed by atoms with Crippen molar-refractivity contribution in [3.8, 4) is 0 Å². The maximum Gasteiger partial charge on any atom is 0.341 e. The topological polar surface area (TPSA) is 51.2 Å². The van der Waals surface area contributed by atoms with Crippen LogP contribution in [0.3, 0.4) is 0 Å². The standard InChI is InChI=1S/C14H16N2O2S/c1-2-18-14(17)12-6-3-8-15-13(12)16-9-7-11-5-4-10-19-11/h3-6,8,10H,2,7,9H2,1H3,(H,15,16). The first-order valence-electron chi connectivity index (χ1n) is 6.19. The molecule has 0 saturated heterocycles.